The molecule has 0 bridgehead atoms. The molecule has 0 heteroatoms. The fraction of sp³-hybridized carbons (Fsp3) is 0.862. The standard InChI is InChI=1S/C27H46.C2H6/c1-7-8-18-26(5)21(4)13-15-23-24-16-14-22(12-10-9-11-20(2)3)27(24,6)19-17-25(23)26;1-2/h13,16,20,22-23,25H,7-12,14-15,17-19H2,1-6H3;1-2H3/t22-,23?,25?,26-,27+;/m0./s1. The zero-order valence-corrected chi connectivity index (χ0v) is 21.2. The molecule has 3 rings (SSSR count). The van der Waals surface area contributed by atoms with Gasteiger partial charge in [-0.3, -0.25) is 0 Å². The Bertz CT molecular complexity index is 565. The molecule has 0 saturated heterocycles. The van der Waals surface area contributed by atoms with Gasteiger partial charge in [0.25, 0.3) is 0 Å². The molecule has 0 aromatic heterocycles. The van der Waals surface area contributed by atoms with Crippen LogP contribution in [0.3, 0.4) is 0 Å². The monoisotopic (exact) mass is 400 g/mol. The molecule has 0 heterocycles. The molecule has 0 nitrogen and oxygen atoms in total. The maximum Gasteiger partial charge on any atom is -0.00821 e. The molecule has 0 spiro atoms. The van der Waals surface area contributed by atoms with E-state index >= 15 is 0 Å². The second-order valence-electron chi connectivity index (χ2n) is 11.1. The van der Waals surface area contributed by atoms with Crippen LogP contribution in [0.4, 0.5) is 0 Å². The van der Waals surface area contributed by atoms with Gasteiger partial charge in [0.15, 0.2) is 0 Å². The lowest BCUT2D eigenvalue weighted by Gasteiger charge is -2.54. The van der Waals surface area contributed by atoms with E-state index in [1.165, 1.54) is 70.6 Å². The molecule has 0 N–H and O–H groups in total. The molecule has 0 aromatic carbocycles. The molecule has 3 aliphatic rings. The minimum atomic E-state index is 0.455. The number of rotatable bonds is 8. The molecule has 1 saturated carbocycles. The van der Waals surface area contributed by atoms with Crippen molar-refractivity contribution in [3.63, 3.8) is 0 Å². The predicted octanol–water partition coefficient (Wildman–Crippen LogP) is 9.75. The third-order valence-electron chi connectivity index (χ3n) is 9.07. The van der Waals surface area contributed by atoms with E-state index in [9.17, 15) is 0 Å². The van der Waals surface area contributed by atoms with Gasteiger partial charge in [-0.2, -0.15) is 0 Å². The largest absolute Gasteiger partial charge is 0.0844 e. The second kappa shape index (κ2) is 10.7. The van der Waals surface area contributed by atoms with Crippen molar-refractivity contribution in [1.29, 1.82) is 0 Å². The number of hydrogen-bond acceptors (Lipinski definition) is 0. The second-order valence-corrected chi connectivity index (χ2v) is 11.1. The Kier molecular flexibility index (Phi) is 9.11. The maximum atomic E-state index is 2.72. The summed E-state index contributed by atoms with van der Waals surface area (Å²) in [7, 11) is 0. The highest BCUT2D eigenvalue weighted by molar-refractivity contribution is 5.33. The topological polar surface area (TPSA) is 0 Å². The summed E-state index contributed by atoms with van der Waals surface area (Å²) < 4.78 is 0. The summed E-state index contributed by atoms with van der Waals surface area (Å²) in [5.74, 6) is 3.53. The lowest BCUT2D eigenvalue weighted by atomic mass is 9.50. The first kappa shape index (κ1) is 24.7. The molecular weight excluding hydrogens is 348 g/mol. The van der Waals surface area contributed by atoms with Gasteiger partial charge < -0.3 is 0 Å². The van der Waals surface area contributed by atoms with Crippen LogP contribution in [-0.4, -0.2) is 0 Å². The smallest absolute Gasteiger partial charge is 0.00821 e. The Labute approximate surface area is 184 Å². The Balaban J connectivity index is 0.00000145. The SMILES string of the molecule is CC.CCCC[C@@]1(C)C(C)=CCC2C3=CC[C@H](CCCCC(C)C)[C@@]3(C)CCC21. The summed E-state index contributed by atoms with van der Waals surface area (Å²) in [6, 6.07) is 0. The van der Waals surface area contributed by atoms with Gasteiger partial charge >= 0.3 is 0 Å². The molecule has 168 valence electrons. The van der Waals surface area contributed by atoms with Crippen LogP contribution < -0.4 is 0 Å². The molecule has 2 unspecified atom stereocenters. The van der Waals surface area contributed by atoms with Crippen LogP contribution in [-0.2, 0) is 0 Å². The zero-order chi connectivity index (χ0) is 21.7. The van der Waals surface area contributed by atoms with Crippen molar-refractivity contribution in [2.75, 3.05) is 0 Å². The summed E-state index contributed by atoms with van der Waals surface area (Å²) in [6.07, 6.45) is 20.8. The van der Waals surface area contributed by atoms with Crippen molar-refractivity contribution in [1.82, 2.24) is 0 Å². The third-order valence-corrected chi connectivity index (χ3v) is 9.07. The van der Waals surface area contributed by atoms with Crippen LogP contribution in [0.2, 0.25) is 0 Å². The molecule has 0 amide bonds. The minimum Gasteiger partial charge on any atom is -0.0844 e. The van der Waals surface area contributed by atoms with Crippen molar-refractivity contribution >= 4 is 0 Å². The number of unbranched alkanes of at least 4 members (excludes halogenated alkanes) is 2. The highest BCUT2D eigenvalue weighted by atomic mass is 14.6. The molecule has 5 atom stereocenters. The minimum absolute atomic E-state index is 0.455. The van der Waals surface area contributed by atoms with E-state index < -0.39 is 0 Å². The summed E-state index contributed by atoms with van der Waals surface area (Å²) in [5.41, 5.74) is 4.56. The fourth-order valence-corrected chi connectivity index (χ4v) is 6.98. The van der Waals surface area contributed by atoms with E-state index in [0.29, 0.717) is 10.8 Å². The zero-order valence-electron chi connectivity index (χ0n) is 21.2. The average molecular weight is 401 g/mol. The summed E-state index contributed by atoms with van der Waals surface area (Å²) in [6.45, 7) is 18.8. The maximum absolute atomic E-state index is 2.72. The van der Waals surface area contributed by atoms with Crippen LogP contribution in [0, 0.1) is 34.5 Å². The normalized spacial score (nSPS) is 36.0. The van der Waals surface area contributed by atoms with Gasteiger partial charge in [0.1, 0.15) is 0 Å². The van der Waals surface area contributed by atoms with Gasteiger partial charge in [-0.15, -0.1) is 0 Å². The van der Waals surface area contributed by atoms with Crippen molar-refractivity contribution in [2.24, 2.45) is 34.5 Å². The highest BCUT2D eigenvalue weighted by Crippen LogP contribution is 2.63. The predicted molar refractivity (Wildman–Crippen MR) is 131 cm³/mol. The van der Waals surface area contributed by atoms with Gasteiger partial charge in [0, 0.05) is 0 Å². The molecule has 3 aliphatic carbocycles. The van der Waals surface area contributed by atoms with Gasteiger partial charge in [0.2, 0.25) is 0 Å². The molecular formula is C29H52. The van der Waals surface area contributed by atoms with Gasteiger partial charge in [-0.1, -0.05) is 104 Å². The van der Waals surface area contributed by atoms with Crippen LogP contribution in [0.5, 0.6) is 0 Å². The lowest BCUT2D eigenvalue weighted by Crippen LogP contribution is -2.45. The summed E-state index contributed by atoms with van der Waals surface area (Å²) in [4.78, 5) is 0. The van der Waals surface area contributed by atoms with Crippen LogP contribution >= 0.6 is 0 Å². The van der Waals surface area contributed by atoms with Gasteiger partial charge in [-0.25, -0.2) is 0 Å². The van der Waals surface area contributed by atoms with E-state index in [4.69, 9.17) is 0 Å². The van der Waals surface area contributed by atoms with Crippen LogP contribution in [0.25, 0.3) is 0 Å². The van der Waals surface area contributed by atoms with Crippen molar-refractivity contribution in [3.05, 3.63) is 23.3 Å². The first-order valence-electron chi connectivity index (χ1n) is 13.2. The number of hydrogen-bond donors (Lipinski definition) is 0. The quantitative estimate of drug-likeness (QED) is 0.281. The molecule has 0 aliphatic heterocycles. The molecule has 29 heavy (non-hydrogen) atoms. The van der Waals surface area contributed by atoms with E-state index in [2.05, 4.69) is 53.7 Å². The van der Waals surface area contributed by atoms with Crippen molar-refractivity contribution in [2.45, 2.75) is 126 Å². The van der Waals surface area contributed by atoms with E-state index in [1.807, 2.05) is 19.4 Å². The Morgan fingerprint density at radius 1 is 1.03 bits per heavy atom. The molecule has 0 aromatic rings. The molecule has 1 fully saturated rings. The highest BCUT2D eigenvalue weighted by Gasteiger charge is 2.53. The Morgan fingerprint density at radius 2 is 1.76 bits per heavy atom. The first-order chi connectivity index (χ1) is 13.8. The van der Waals surface area contributed by atoms with E-state index in [1.54, 1.807) is 5.57 Å². The fourth-order valence-electron chi connectivity index (χ4n) is 6.98. The van der Waals surface area contributed by atoms with E-state index in [0.717, 1.165) is 23.7 Å². The van der Waals surface area contributed by atoms with Gasteiger partial charge in [-0.05, 0) is 80.0 Å². The lowest BCUT2D eigenvalue weighted by molar-refractivity contribution is 0.0563. The third kappa shape index (κ3) is 5.04. The number of fused-ring (bicyclic) bond motifs is 3. The Hall–Kier alpha value is -0.520. The molecule has 0 radical (unpaired) electrons. The Morgan fingerprint density at radius 3 is 2.41 bits per heavy atom. The van der Waals surface area contributed by atoms with Gasteiger partial charge in [0.05, 0.1) is 0 Å². The first-order valence-corrected chi connectivity index (χ1v) is 13.2. The summed E-state index contributed by atoms with van der Waals surface area (Å²) in [5, 5.41) is 0. The van der Waals surface area contributed by atoms with E-state index in [-0.39, 0.29) is 0 Å². The van der Waals surface area contributed by atoms with Crippen LogP contribution in [0.1, 0.15) is 126 Å². The average Bonchev–Trinajstić information content (AvgIpc) is 3.04. The van der Waals surface area contributed by atoms with Crippen molar-refractivity contribution < 1.29 is 0 Å². The number of allylic oxidation sites excluding steroid dienone is 4. The van der Waals surface area contributed by atoms with Crippen LogP contribution in [0.15, 0.2) is 23.3 Å². The summed E-state index contributed by atoms with van der Waals surface area (Å²) >= 11 is 0. The van der Waals surface area contributed by atoms with Crippen molar-refractivity contribution in [3.8, 4) is 0 Å².